The molecule has 4 heteroatoms. The van der Waals surface area contributed by atoms with E-state index in [9.17, 15) is 0 Å². The van der Waals surface area contributed by atoms with Crippen LogP contribution in [0.2, 0.25) is 0 Å². The fraction of sp³-hybridized carbons (Fsp3) is 0.500. The Morgan fingerprint density at radius 3 is 2.19 bits per heavy atom. The van der Waals surface area contributed by atoms with Crippen molar-refractivity contribution >= 4 is 5.69 Å². The molecular formula is C12H18N2O2. The topological polar surface area (TPSA) is 63.1 Å². The summed E-state index contributed by atoms with van der Waals surface area (Å²) in [5, 5.41) is 3.28. The van der Waals surface area contributed by atoms with Crippen LogP contribution in [0.4, 0.5) is 5.69 Å². The highest BCUT2D eigenvalue weighted by molar-refractivity contribution is 5.42. The van der Waals surface area contributed by atoms with Gasteiger partial charge < -0.3 is 20.5 Å². The SMILES string of the molecule is NCC1CO1.c1ccc(NCC2CO2)cc1. The molecule has 3 N–H and O–H groups in total. The van der Waals surface area contributed by atoms with E-state index in [2.05, 4.69) is 17.4 Å². The molecule has 0 bridgehead atoms. The average molecular weight is 222 g/mol. The molecule has 2 atom stereocenters. The molecule has 0 amide bonds. The highest BCUT2D eigenvalue weighted by Gasteiger charge is 2.21. The zero-order valence-corrected chi connectivity index (χ0v) is 9.26. The van der Waals surface area contributed by atoms with Gasteiger partial charge in [-0.2, -0.15) is 0 Å². The van der Waals surface area contributed by atoms with Crippen molar-refractivity contribution in [3.8, 4) is 0 Å². The molecule has 2 fully saturated rings. The Hall–Kier alpha value is -1.10. The molecule has 0 radical (unpaired) electrons. The molecule has 2 heterocycles. The molecular weight excluding hydrogens is 204 g/mol. The summed E-state index contributed by atoms with van der Waals surface area (Å²) < 4.78 is 9.80. The van der Waals surface area contributed by atoms with Gasteiger partial charge in [0, 0.05) is 18.8 Å². The molecule has 1 aromatic rings. The molecule has 3 rings (SSSR count). The fourth-order valence-corrected chi connectivity index (χ4v) is 1.18. The van der Waals surface area contributed by atoms with Crippen LogP contribution in [0.5, 0.6) is 0 Å². The van der Waals surface area contributed by atoms with Gasteiger partial charge in [0.1, 0.15) is 0 Å². The third-order valence-corrected chi connectivity index (χ3v) is 2.38. The Bertz CT molecular complexity index is 297. The molecule has 0 aliphatic carbocycles. The van der Waals surface area contributed by atoms with Crippen LogP contribution in [0.15, 0.2) is 30.3 Å². The Morgan fingerprint density at radius 2 is 1.75 bits per heavy atom. The van der Waals surface area contributed by atoms with Crippen molar-refractivity contribution in [1.29, 1.82) is 0 Å². The number of benzene rings is 1. The van der Waals surface area contributed by atoms with Gasteiger partial charge in [-0.25, -0.2) is 0 Å². The summed E-state index contributed by atoms with van der Waals surface area (Å²) >= 11 is 0. The Labute approximate surface area is 95.7 Å². The van der Waals surface area contributed by atoms with Crippen molar-refractivity contribution in [2.24, 2.45) is 5.73 Å². The van der Waals surface area contributed by atoms with Crippen LogP contribution in [-0.4, -0.2) is 38.5 Å². The van der Waals surface area contributed by atoms with Gasteiger partial charge >= 0.3 is 0 Å². The molecule has 88 valence electrons. The van der Waals surface area contributed by atoms with E-state index in [0.717, 1.165) is 19.8 Å². The Kier molecular flexibility index (Phi) is 4.16. The first-order chi connectivity index (χ1) is 7.88. The summed E-state index contributed by atoms with van der Waals surface area (Å²) in [5.41, 5.74) is 6.28. The van der Waals surface area contributed by atoms with Crippen molar-refractivity contribution < 1.29 is 9.47 Å². The third-order valence-electron chi connectivity index (χ3n) is 2.38. The van der Waals surface area contributed by atoms with Crippen LogP contribution >= 0.6 is 0 Å². The number of nitrogens with one attached hydrogen (secondary N) is 1. The number of hydrogen-bond donors (Lipinski definition) is 2. The molecule has 0 aromatic heterocycles. The highest BCUT2D eigenvalue weighted by Crippen LogP contribution is 2.11. The van der Waals surface area contributed by atoms with Crippen molar-refractivity contribution in [2.45, 2.75) is 12.2 Å². The molecule has 0 saturated carbocycles. The fourth-order valence-electron chi connectivity index (χ4n) is 1.18. The minimum Gasteiger partial charge on any atom is -0.382 e. The zero-order valence-electron chi connectivity index (χ0n) is 9.26. The van der Waals surface area contributed by atoms with Gasteiger partial charge in [-0.3, -0.25) is 0 Å². The van der Waals surface area contributed by atoms with E-state index < -0.39 is 0 Å². The molecule has 2 unspecified atom stereocenters. The Morgan fingerprint density at radius 1 is 1.12 bits per heavy atom. The van der Waals surface area contributed by atoms with Gasteiger partial charge in [0.05, 0.1) is 25.4 Å². The maximum atomic E-state index is 5.11. The standard InChI is InChI=1S/C9H11NO.C3H7NO/c1-2-4-8(5-3-1)10-6-9-7-11-9;4-1-3-2-5-3/h1-5,9-10H,6-7H2;3H,1-2,4H2. The van der Waals surface area contributed by atoms with Crippen LogP contribution < -0.4 is 11.1 Å². The van der Waals surface area contributed by atoms with Crippen LogP contribution in [0, 0.1) is 0 Å². The summed E-state index contributed by atoms with van der Waals surface area (Å²) in [6, 6.07) is 10.2. The third kappa shape index (κ3) is 4.61. The van der Waals surface area contributed by atoms with Crippen LogP contribution in [0.25, 0.3) is 0 Å². The molecule has 2 aliphatic heterocycles. The summed E-state index contributed by atoms with van der Waals surface area (Å²) in [5.74, 6) is 0. The molecule has 16 heavy (non-hydrogen) atoms. The lowest BCUT2D eigenvalue weighted by Crippen LogP contribution is -2.06. The van der Waals surface area contributed by atoms with Crippen LogP contribution in [0.3, 0.4) is 0 Å². The lowest BCUT2D eigenvalue weighted by Gasteiger charge is -2.01. The lowest BCUT2D eigenvalue weighted by molar-refractivity contribution is 0.412. The quantitative estimate of drug-likeness (QED) is 0.741. The summed E-state index contributed by atoms with van der Waals surface area (Å²) in [4.78, 5) is 0. The largest absolute Gasteiger partial charge is 0.382 e. The van der Waals surface area contributed by atoms with Crippen LogP contribution in [0.1, 0.15) is 0 Å². The second-order valence-corrected chi connectivity index (χ2v) is 3.89. The number of para-hydroxylation sites is 1. The molecule has 4 nitrogen and oxygen atoms in total. The van der Waals surface area contributed by atoms with E-state index in [-0.39, 0.29) is 0 Å². The first-order valence-corrected chi connectivity index (χ1v) is 5.60. The maximum Gasteiger partial charge on any atom is 0.0981 e. The number of nitrogens with two attached hydrogens (primary N) is 1. The Balaban J connectivity index is 0.000000162. The average Bonchev–Trinajstić information content (AvgIpc) is 3.21. The van der Waals surface area contributed by atoms with E-state index in [1.165, 1.54) is 5.69 Å². The second kappa shape index (κ2) is 5.84. The van der Waals surface area contributed by atoms with E-state index in [1.807, 2.05) is 18.2 Å². The number of ether oxygens (including phenoxy) is 2. The van der Waals surface area contributed by atoms with E-state index in [0.29, 0.717) is 18.8 Å². The minimum atomic E-state index is 0.412. The smallest absolute Gasteiger partial charge is 0.0981 e. The van der Waals surface area contributed by atoms with Crippen molar-refractivity contribution in [3.05, 3.63) is 30.3 Å². The van der Waals surface area contributed by atoms with E-state index in [4.69, 9.17) is 15.2 Å². The monoisotopic (exact) mass is 222 g/mol. The summed E-state index contributed by atoms with van der Waals surface area (Å²) in [6.07, 6.45) is 0.866. The molecule has 2 aliphatic rings. The van der Waals surface area contributed by atoms with Gasteiger partial charge in [0.2, 0.25) is 0 Å². The van der Waals surface area contributed by atoms with Gasteiger partial charge in [-0.05, 0) is 12.1 Å². The minimum absolute atomic E-state index is 0.412. The maximum absolute atomic E-state index is 5.11. The molecule has 1 aromatic carbocycles. The predicted molar refractivity (Wildman–Crippen MR) is 63.5 cm³/mol. The van der Waals surface area contributed by atoms with Gasteiger partial charge in [0.25, 0.3) is 0 Å². The number of epoxide rings is 2. The highest BCUT2D eigenvalue weighted by atomic mass is 16.6. The number of anilines is 1. The van der Waals surface area contributed by atoms with E-state index >= 15 is 0 Å². The normalized spacial score (nSPS) is 25.3. The number of hydrogen-bond acceptors (Lipinski definition) is 4. The zero-order chi connectivity index (χ0) is 11.2. The summed E-state index contributed by atoms with van der Waals surface area (Å²) in [7, 11) is 0. The predicted octanol–water partition coefficient (Wildman–Crippen LogP) is 0.841. The van der Waals surface area contributed by atoms with Crippen LogP contribution in [-0.2, 0) is 9.47 Å². The van der Waals surface area contributed by atoms with Crippen molar-refractivity contribution in [3.63, 3.8) is 0 Å². The molecule has 0 spiro atoms. The first kappa shape index (κ1) is 11.4. The van der Waals surface area contributed by atoms with Gasteiger partial charge in [0.15, 0.2) is 0 Å². The van der Waals surface area contributed by atoms with E-state index in [1.54, 1.807) is 0 Å². The van der Waals surface area contributed by atoms with Gasteiger partial charge in [-0.15, -0.1) is 0 Å². The molecule has 2 saturated heterocycles. The van der Waals surface area contributed by atoms with Gasteiger partial charge in [-0.1, -0.05) is 18.2 Å². The second-order valence-electron chi connectivity index (χ2n) is 3.89. The summed E-state index contributed by atoms with van der Waals surface area (Å²) in [6.45, 7) is 3.43. The number of rotatable bonds is 4. The van der Waals surface area contributed by atoms with Crippen molar-refractivity contribution in [2.75, 3.05) is 31.6 Å². The first-order valence-electron chi connectivity index (χ1n) is 5.60. The van der Waals surface area contributed by atoms with Crippen molar-refractivity contribution in [1.82, 2.24) is 0 Å². The lowest BCUT2D eigenvalue weighted by atomic mass is 10.3.